The van der Waals surface area contributed by atoms with Crippen molar-refractivity contribution in [2.75, 3.05) is 13.1 Å². The second kappa shape index (κ2) is 5.34. The Morgan fingerprint density at radius 1 is 1.13 bits per heavy atom. The van der Waals surface area contributed by atoms with Crippen LogP contribution in [0.2, 0.25) is 5.02 Å². The summed E-state index contributed by atoms with van der Waals surface area (Å²) in [6.45, 7) is 2.26. The first-order valence-corrected chi connectivity index (χ1v) is 5.85. The fraction of sp³-hybridized carbons (Fsp3) is 0.385. The summed E-state index contributed by atoms with van der Waals surface area (Å²) in [6.07, 6.45) is 5.80. The van der Waals surface area contributed by atoms with Gasteiger partial charge in [-0.25, -0.2) is 0 Å². The van der Waals surface area contributed by atoms with E-state index in [2.05, 4.69) is 23.5 Å². The summed E-state index contributed by atoms with van der Waals surface area (Å²) < 4.78 is 0. The minimum atomic E-state index is 0.813. The lowest BCUT2D eigenvalue weighted by Crippen LogP contribution is -2.23. The maximum Gasteiger partial charge on any atom is 0.0406 e. The van der Waals surface area contributed by atoms with Gasteiger partial charge in [0.2, 0.25) is 0 Å². The van der Waals surface area contributed by atoms with Crippen LogP contribution in [-0.2, 0) is 6.42 Å². The summed E-state index contributed by atoms with van der Waals surface area (Å²) in [4.78, 5) is 0. The quantitative estimate of drug-likeness (QED) is 0.757. The van der Waals surface area contributed by atoms with E-state index in [1.165, 1.54) is 18.4 Å². The van der Waals surface area contributed by atoms with Gasteiger partial charge in [-0.05, 0) is 50.0 Å². The van der Waals surface area contributed by atoms with E-state index < -0.39 is 0 Å². The molecule has 0 unspecified atom stereocenters. The van der Waals surface area contributed by atoms with E-state index in [1.807, 2.05) is 12.1 Å². The second-order valence-corrected chi connectivity index (χ2v) is 4.38. The highest BCUT2D eigenvalue weighted by atomic mass is 35.5. The highest BCUT2D eigenvalue weighted by Crippen LogP contribution is 2.14. The third kappa shape index (κ3) is 3.37. The van der Waals surface area contributed by atoms with Crippen molar-refractivity contribution in [2.45, 2.75) is 19.3 Å². The molecule has 0 bridgehead atoms. The van der Waals surface area contributed by atoms with Crippen molar-refractivity contribution in [3.05, 3.63) is 46.5 Å². The van der Waals surface area contributed by atoms with Crippen molar-refractivity contribution < 1.29 is 0 Å². The smallest absolute Gasteiger partial charge is 0.0406 e. The van der Waals surface area contributed by atoms with Crippen LogP contribution in [0.15, 0.2) is 35.9 Å². The molecule has 2 rings (SSSR count). The van der Waals surface area contributed by atoms with Crippen LogP contribution in [0.5, 0.6) is 0 Å². The van der Waals surface area contributed by atoms with Gasteiger partial charge in [-0.3, -0.25) is 0 Å². The molecule has 0 aromatic heterocycles. The van der Waals surface area contributed by atoms with Crippen LogP contribution in [-0.4, -0.2) is 13.1 Å². The Kier molecular flexibility index (Phi) is 3.81. The van der Waals surface area contributed by atoms with Crippen LogP contribution in [0.1, 0.15) is 18.4 Å². The van der Waals surface area contributed by atoms with Crippen LogP contribution >= 0.6 is 11.6 Å². The van der Waals surface area contributed by atoms with Crippen LogP contribution in [0.3, 0.4) is 0 Å². The van der Waals surface area contributed by atoms with Gasteiger partial charge in [0.05, 0.1) is 0 Å². The van der Waals surface area contributed by atoms with Gasteiger partial charge in [0.25, 0.3) is 0 Å². The molecule has 80 valence electrons. The second-order valence-electron chi connectivity index (χ2n) is 3.94. The average Bonchev–Trinajstić information content (AvgIpc) is 2.30. The summed E-state index contributed by atoms with van der Waals surface area (Å²) in [5, 5.41) is 4.18. The summed E-state index contributed by atoms with van der Waals surface area (Å²) >= 11 is 5.84. The molecule has 1 heterocycles. The van der Waals surface area contributed by atoms with Crippen molar-refractivity contribution in [3.63, 3.8) is 0 Å². The van der Waals surface area contributed by atoms with Gasteiger partial charge in [0, 0.05) is 5.02 Å². The zero-order chi connectivity index (χ0) is 10.5. The molecule has 1 aromatic rings. The largest absolute Gasteiger partial charge is 0.316 e. The number of rotatable bonds is 2. The Bertz CT molecular complexity index is 332. The first-order chi connectivity index (χ1) is 7.34. The Labute approximate surface area is 96.1 Å². The van der Waals surface area contributed by atoms with Gasteiger partial charge < -0.3 is 5.32 Å². The third-order valence-electron chi connectivity index (χ3n) is 2.79. The summed E-state index contributed by atoms with van der Waals surface area (Å²) in [5.41, 5.74) is 2.93. The fourth-order valence-corrected chi connectivity index (χ4v) is 1.96. The normalized spacial score (nSPS) is 16.5. The first kappa shape index (κ1) is 10.7. The molecular formula is C13H16ClN. The molecule has 1 aliphatic rings. The van der Waals surface area contributed by atoms with Crippen molar-refractivity contribution in [1.82, 2.24) is 5.32 Å². The molecule has 15 heavy (non-hydrogen) atoms. The number of hydrogen-bond donors (Lipinski definition) is 1. The van der Waals surface area contributed by atoms with Crippen LogP contribution in [0, 0.1) is 0 Å². The molecule has 0 radical (unpaired) electrons. The van der Waals surface area contributed by atoms with Crippen molar-refractivity contribution in [1.29, 1.82) is 0 Å². The van der Waals surface area contributed by atoms with E-state index in [4.69, 9.17) is 11.6 Å². The maximum atomic E-state index is 5.84. The van der Waals surface area contributed by atoms with Gasteiger partial charge in [-0.2, -0.15) is 0 Å². The summed E-state index contributed by atoms with van der Waals surface area (Å²) in [7, 11) is 0. The number of halogens is 1. The number of allylic oxidation sites excluding steroid dienone is 1. The number of piperidine rings is 1. The van der Waals surface area contributed by atoms with Gasteiger partial charge in [-0.1, -0.05) is 35.4 Å². The molecule has 1 fully saturated rings. The summed E-state index contributed by atoms with van der Waals surface area (Å²) in [6, 6.07) is 8.11. The minimum absolute atomic E-state index is 0.813. The Balaban J connectivity index is 1.94. The molecule has 1 saturated heterocycles. The van der Waals surface area contributed by atoms with Crippen LogP contribution < -0.4 is 5.32 Å². The Hall–Kier alpha value is -0.790. The Morgan fingerprint density at radius 3 is 2.47 bits per heavy atom. The predicted octanol–water partition coefficient (Wildman–Crippen LogP) is 3.19. The number of benzene rings is 1. The average molecular weight is 222 g/mol. The molecule has 2 heteroatoms. The molecule has 1 N–H and O–H groups in total. The standard InChI is InChI=1S/C13H16ClN/c14-13-5-3-11(4-6-13)1-2-12-7-9-15-10-8-12/h2-6,15H,1,7-10H2. The molecule has 1 aromatic carbocycles. The number of hydrogen-bond acceptors (Lipinski definition) is 1. The maximum absolute atomic E-state index is 5.84. The summed E-state index contributed by atoms with van der Waals surface area (Å²) in [5.74, 6) is 0. The van der Waals surface area contributed by atoms with Gasteiger partial charge >= 0.3 is 0 Å². The van der Waals surface area contributed by atoms with E-state index in [-0.39, 0.29) is 0 Å². The van der Waals surface area contributed by atoms with Crippen molar-refractivity contribution in [2.24, 2.45) is 0 Å². The highest BCUT2D eigenvalue weighted by molar-refractivity contribution is 6.30. The van der Waals surface area contributed by atoms with Crippen LogP contribution in [0.4, 0.5) is 0 Å². The highest BCUT2D eigenvalue weighted by Gasteiger charge is 2.03. The van der Waals surface area contributed by atoms with E-state index in [9.17, 15) is 0 Å². The third-order valence-corrected chi connectivity index (χ3v) is 3.04. The molecule has 0 amide bonds. The van der Waals surface area contributed by atoms with Gasteiger partial charge in [-0.15, -0.1) is 0 Å². The molecular weight excluding hydrogens is 206 g/mol. The van der Waals surface area contributed by atoms with Gasteiger partial charge in [0.15, 0.2) is 0 Å². The fourth-order valence-electron chi connectivity index (χ4n) is 1.83. The predicted molar refractivity (Wildman–Crippen MR) is 65.3 cm³/mol. The molecule has 0 saturated carbocycles. The first-order valence-electron chi connectivity index (χ1n) is 5.48. The molecule has 1 nitrogen and oxygen atoms in total. The molecule has 0 atom stereocenters. The van der Waals surface area contributed by atoms with Crippen molar-refractivity contribution >= 4 is 11.6 Å². The van der Waals surface area contributed by atoms with Crippen molar-refractivity contribution in [3.8, 4) is 0 Å². The monoisotopic (exact) mass is 221 g/mol. The molecule has 0 aliphatic carbocycles. The zero-order valence-corrected chi connectivity index (χ0v) is 9.56. The van der Waals surface area contributed by atoms with E-state index in [0.29, 0.717) is 0 Å². The van der Waals surface area contributed by atoms with Crippen LogP contribution in [0.25, 0.3) is 0 Å². The number of nitrogens with one attached hydrogen (secondary N) is 1. The van der Waals surface area contributed by atoms with Gasteiger partial charge in [0.1, 0.15) is 0 Å². The molecule has 0 spiro atoms. The lowest BCUT2D eigenvalue weighted by atomic mass is 10.0. The molecule has 1 aliphatic heterocycles. The topological polar surface area (TPSA) is 12.0 Å². The van der Waals surface area contributed by atoms with E-state index >= 15 is 0 Å². The zero-order valence-electron chi connectivity index (χ0n) is 8.80. The lowest BCUT2D eigenvalue weighted by molar-refractivity contribution is 0.608. The Morgan fingerprint density at radius 2 is 1.80 bits per heavy atom. The lowest BCUT2D eigenvalue weighted by Gasteiger charge is -2.15. The minimum Gasteiger partial charge on any atom is -0.316 e. The van der Waals surface area contributed by atoms with E-state index in [1.54, 1.807) is 5.57 Å². The SMILES string of the molecule is Clc1ccc(CC=C2CCNCC2)cc1. The van der Waals surface area contributed by atoms with E-state index in [0.717, 1.165) is 24.5 Å².